The summed E-state index contributed by atoms with van der Waals surface area (Å²) in [5, 5.41) is 0. The van der Waals surface area contributed by atoms with Gasteiger partial charge in [-0.25, -0.2) is 9.97 Å². The molecule has 0 saturated carbocycles. The summed E-state index contributed by atoms with van der Waals surface area (Å²) in [4.78, 5) is 14.7. The minimum Gasteiger partial charge on any atom is -0.360 e. The molecule has 0 aliphatic rings. The molecule has 3 aromatic heterocycles. The third-order valence-electron chi connectivity index (χ3n) is 2.41. The number of nitrogens with zero attached hydrogens (tertiary/aromatic N) is 2. The summed E-state index contributed by atoms with van der Waals surface area (Å²) in [5.41, 5.74) is 3.78. The molecule has 2 N–H and O–H groups in total. The van der Waals surface area contributed by atoms with E-state index in [1.807, 2.05) is 42.7 Å². The fraction of sp³-hybridized carbons (Fsp3) is 0. The molecule has 0 aliphatic carbocycles. The van der Waals surface area contributed by atoms with E-state index in [0.29, 0.717) is 0 Å². The van der Waals surface area contributed by atoms with Gasteiger partial charge < -0.3 is 9.97 Å². The Balaban J connectivity index is 2.07. The van der Waals surface area contributed by atoms with Crippen LogP contribution in [-0.4, -0.2) is 19.9 Å². The summed E-state index contributed by atoms with van der Waals surface area (Å²) in [7, 11) is 0. The van der Waals surface area contributed by atoms with Gasteiger partial charge in [-0.2, -0.15) is 0 Å². The van der Waals surface area contributed by atoms with Gasteiger partial charge in [-0.05, 0) is 30.3 Å². The zero-order chi connectivity index (χ0) is 10.8. The van der Waals surface area contributed by atoms with Gasteiger partial charge in [0.1, 0.15) is 6.33 Å². The summed E-state index contributed by atoms with van der Waals surface area (Å²) in [6.45, 7) is 0. The highest BCUT2D eigenvalue weighted by Gasteiger charge is 2.04. The Labute approximate surface area is 92.4 Å². The van der Waals surface area contributed by atoms with Gasteiger partial charge in [-0.3, -0.25) is 0 Å². The van der Waals surface area contributed by atoms with Gasteiger partial charge in [-0.15, -0.1) is 0 Å². The van der Waals surface area contributed by atoms with Gasteiger partial charge in [0.2, 0.25) is 0 Å². The van der Waals surface area contributed by atoms with Crippen LogP contribution in [0.5, 0.6) is 0 Å². The van der Waals surface area contributed by atoms with Gasteiger partial charge in [-0.1, -0.05) is 0 Å². The number of aromatic nitrogens is 4. The lowest BCUT2D eigenvalue weighted by atomic mass is 10.2. The predicted octanol–water partition coefficient (Wildman–Crippen LogP) is 2.47. The SMILES string of the molecule is c1c[nH]c(-c2cc(-c3ccc[nH]3)ncn2)c1. The van der Waals surface area contributed by atoms with Gasteiger partial charge in [0.05, 0.1) is 22.8 Å². The van der Waals surface area contributed by atoms with Crippen LogP contribution in [0, 0.1) is 0 Å². The number of nitrogens with one attached hydrogen (secondary N) is 2. The van der Waals surface area contributed by atoms with Crippen LogP contribution in [-0.2, 0) is 0 Å². The van der Waals surface area contributed by atoms with Crippen LogP contribution >= 0.6 is 0 Å². The van der Waals surface area contributed by atoms with Gasteiger partial charge in [0, 0.05) is 12.4 Å². The van der Waals surface area contributed by atoms with Crippen molar-refractivity contribution in [2.45, 2.75) is 0 Å². The van der Waals surface area contributed by atoms with Crippen molar-refractivity contribution in [2.75, 3.05) is 0 Å². The number of hydrogen-bond acceptors (Lipinski definition) is 2. The first-order chi connectivity index (χ1) is 7.93. The summed E-state index contributed by atoms with van der Waals surface area (Å²) < 4.78 is 0. The van der Waals surface area contributed by atoms with Crippen molar-refractivity contribution in [2.24, 2.45) is 0 Å². The van der Waals surface area contributed by atoms with Crippen LogP contribution in [0.2, 0.25) is 0 Å². The molecule has 0 aliphatic heterocycles. The molecule has 0 aromatic carbocycles. The molecule has 4 nitrogen and oxygen atoms in total. The second-order valence-corrected chi connectivity index (χ2v) is 3.46. The molecule has 0 spiro atoms. The van der Waals surface area contributed by atoms with Crippen LogP contribution < -0.4 is 0 Å². The molecular weight excluding hydrogens is 200 g/mol. The Kier molecular flexibility index (Phi) is 2.04. The van der Waals surface area contributed by atoms with E-state index in [9.17, 15) is 0 Å². The molecule has 3 aromatic rings. The van der Waals surface area contributed by atoms with E-state index in [2.05, 4.69) is 19.9 Å². The van der Waals surface area contributed by atoms with Crippen molar-refractivity contribution >= 4 is 0 Å². The third kappa shape index (κ3) is 1.50. The zero-order valence-corrected chi connectivity index (χ0v) is 8.51. The molecule has 0 radical (unpaired) electrons. The summed E-state index contributed by atoms with van der Waals surface area (Å²) >= 11 is 0. The van der Waals surface area contributed by atoms with Crippen molar-refractivity contribution in [3.05, 3.63) is 49.1 Å². The summed E-state index contributed by atoms with van der Waals surface area (Å²) in [5.74, 6) is 0. The standard InChI is InChI=1S/C12H10N4/c1-3-9(13-5-1)11-7-12(16-8-15-11)10-4-2-6-14-10/h1-8,13-14H. The Morgan fingerprint density at radius 3 is 1.81 bits per heavy atom. The molecule has 3 heterocycles. The lowest BCUT2D eigenvalue weighted by molar-refractivity contribution is 1.15. The van der Waals surface area contributed by atoms with Crippen LogP contribution in [0.4, 0.5) is 0 Å². The Bertz CT molecular complexity index is 517. The number of rotatable bonds is 2. The first-order valence-electron chi connectivity index (χ1n) is 5.03. The topological polar surface area (TPSA) is 57.4 Å². The van der Waals surface area contributed by atoms with Crippen molar-refractivity contribution < 1.29 is 0 Å². The van der Waals surface area contributed by atoms with Crippen LogP contribution in [0.25, 0.3) is 22.8 Å². The highest BCUT2D eigenvalue weighted by Crippen LogP contribution is 2.19. The molecule has 0 fully saturated rings. The van der Waals surface area contributed by atoms with Crippen LogP contribution in [0.1, 0.15) is 0 Å². The molecule has 0 bridgehead atoms. The smallest absolute Gasteiger partial charge is 0.116 e. The molecule has 4 heteroatoms. The average Bonchev–Trinajstić information content (AvgIpc) is 3.03. The highest BCUT2D eigenvalue weighted by atomic mass is 14.9. The first kappa shape index (κ1) is 8.91. The zero-order valence-electron chi connectivity index (χ0n) is 8.51. The first-order valence-corrected chi connectivity index (χ1v) is 5.03. The molecule has 0 saturated heterocycles. The van der Waals surface area contributed by atoms with Crippen LogP contribution in [0.3, 0.4) is 0 Å². The maximum absolute atomic E-state index is 4.24. The Morgan fingerprint density at radius 2 is 1.38 bits per heavy atom. The Hall–Kier alpha value is -2.36. The third-order valence-corrected chi connectivity index (χ3v) is 2.41. The van der Waals surface area contributed by atoms with Crippen LogP contribution in [0.15, 0.2) is 49.1 Å². The number of aromatic amines is 2. The van der Waals surface area contributed by atoms with Crippen molar-refractivity contribution in [3.63, 3.8) is 0 Å². The minimum absolute atomic E-state index is 0.893. The largest absolute Gasteiger partial charge is 0.360 e. The maximum atomic E-state index is 4.24. The van der Waals surface area contributed by atoms with Gasteiger partial charge >= 0.3 is 0 Å². The number of hydrogen-bond donors (Lipinski definition) is 2. The predicted molar refractivity (Wildman–Crippen MR) is 61.6 cm³/mol. The maximum Gasteiger partial charge on any atom is 0.116 e. The molecule has 78 valence electrons. The van der Waals surface area contributed by atoms with E-state index < -0.39 is 0 Å². The molecule has 16 heavy (non-hydrogen) atoms. The molecule has 0 unspecified atom stereocenters. The van der Waals surface area contributed by atoms with E-state index in [0.717, 1.165) is 22.8 Å². The van der Waals surface area contributed by atoms with Crippen molar-refractivity contribution in [1.82, 2.24) is 19.9 Å². The summed E-state index contributed by atoms with van der Waals surface area (Å²) in [6.07, 6.45) is 5.34. The quantitative estimate of drug-likeness (QED) is 0.682. The second-order valence-electron chi connectivity index (χ2n) is 3.46. The molecule has 0 amide bonds. The van der Waals surface area contributed by atoms with Gasteiger partial charge in [0.25, 0.3) is 0 Å². The number of H-pyrrole nitrogens is 2. The second kappa shape index (κ2) is 3.66. The lowest BCUT2D eigenvalue weighted by Gasteiger charge is -2.00. The molecule has 3 rings (SSSR count). The fourth-order valence-corrected chi connectivity index (χ4v) is 1.63. The van der Waals surface area contributed by atoms with Crippen molar-refractivity contribution in [3.8, 4) is 22.8 Å². The lowest BCUT2D eigenvalue weighted by Crippen LogP contribution is -1.89. The molecule has 0 atom stereocenters. The minimum atomic E-state index is 0.893. The Morgan fingerprint density at radius 1 is 0.812 bits per heavy atom. The summed E-state index contributed by atoms with van der Waals surface area (Å²) in [6, 6.07) is 9.83. The molecular formula is C12H10N4. The monoisotopic (exact) mass is 210 g/mol. The van der Waals surface area contributed by atoms with E-state index in [-0.39, 0.29) is 0 Å². The van der Waals surface area contributed by atoms with Crippen molar-refractivity contribution in [1.29, 1.82) is 0 Å². The fourth-order valence-electron chi connectivity index (χ4n) is 1.63. The van der Waals surface area contributed by atoms with E-state index in [1.165, 1.54) is 0 Å². The highest BCUT2D eigenvalue weighted by molar-refractivity contribution is 5.63. The normalized spacial score (nSPS) is 10.5. The average molecular weight is 210 g/mol. The van der Waals surface area contributed by atoms with Gasteiger partial charge in [0.15, 0.2) is 0 Å². The van der Waals surface area contributed by atoms with E-state index >= 15 is 0 Å². The van der Waals surface area contributed by atoms with E-state index in [4.69, 9.17) is 0 Å². The van der Waals surface area contributed by atoms with E-state index in [1.54, 1.807) is 6.33 Å².